The van der Waals surface area contributed by atoms with E-state index in [1.807, 2.05) is 0 Å². The van der Waals surface area contributed by atoms with Crippen molar-refractivity contribution in [2.45, 2.75) is 38.3 Å². The monoisotopic (exact) mass is 358 g/mol. The standard InChI is InChI=1S/C16H23BrN2.ClH/c17-15-3-1-2-14(10-15)12-19-8-6-16(7-9-19)18-11-13-4-5-13;/h1-3,10,13,16,18H,4-9,11-12H2;1H. The third kappa shape index (κ3) is 5.03. The summed E-state index contributed by atoms with van der Waals surface area (Å²) in [4.78, 5) is 2.58. The minimum absolute atomic E-state index is 0. The average molecular weight is 360 g/mol. The summed E-state index contributed by atoms with van der Waals surface area (Å²) in [6, 6.07) is 9.44. The zero-order valence-electron chi connectivity index (χ0n) is 11.9. The molecule has 1 saturated heterocycles. The first kappa shape index (κ1) is 16.3. The smallest absolute Gasteiger partial charge is 0.0234 e. The van der Waals surface area contributed by atoms with Crippen molar-refractivity contribution in [1.82, 2.24) is 10.2 Å². The SMILES string of the molecule is Brc1cccc(CN2CCC(NCC3CC3)CC2)c1.Cl. The van der Waals surface area contributed by atoms with Gasteiger partial charge in [0.05, 0.1) is 0 Å². The normalized spacial score (nSPS) is 20.6. The van der Waals surface area contributed by atoms with Crippen LogP contribution in [0.15, 0.2) is 28.7 Å². The molecule has 20 heavy (non-hydrogen) atoms. The molecule has 1 aliphatic carbocycles. The first-order valence-corrected chi connectivity index (χ1v) is 8.29. The van der Waals surface area contributed by atoms with Crippen LogP contribution in [0.5, 0.6) is 0 Å². The van der Waals surface area contributed by atoms with Gasteiger partial charge in [-0.1, -0.05) is 28.1 Å². The lowest BCUT2D eigenvalue weighted by molar-refractivity contribution is 0.190. The zero-order valence-corrected chi connectivity index (χ0v) is 14.3. The van der Waals surface area contributed by atoms with Gasteiger partial charge in [0, 0.05) is 17.1 Å². The Hall–Kier alpha value is -0.0900. The van der Waals surface area contributed by atoms with Gasteiger partial charge < -0.3 is 5.32 Å². The molecule has 1 aliphatic heterocycles. The fourth-order valence-corrected chi connectivity index (χ4v) is 3.29. The molecule has 1 aromatic carbocycles. The van der Waals surface area contributed by atoms with Crippen LogP contribution in [0.4, 0.5) is 0 Å². The lowest BCUT2D eigenvalue weighted by atomic mass is 10.0. The third-order valence-corrected chi connectivity index (χ3v) is 4.77. The molecule has 1 N–H and O–H groups in total. The lowest BCUT2D eigenvalue weighted by Gasteiger charge is -2.32. The fourth-order valence-electron chi connectivity index (χ4n) is 2.84. The van der Waals surface area contributed by atoms with Gasteiger partial charge >= 0.3 is 0 Å². The van der Waals surface area contributed by atoms with E-state index in [2.05, 4.69) is 50.4 Å². The van der Waals surface area contributed by atoms with E-state index < -0.39 is 0 Å². The molecular weight excluding hydrogens is 336 g/mol. The summed E-state index contributed by atoms with van der Waals surface area (Å²) in [6.45, 7) is 4.81. The van der Waals surface area contributed by atoms with Gasteiger partial charge in [0.15, 0.2) is 0 Å². The maximum Gasteiger partial charge on any atom is 0.0234 e. The van der Waals surface area contributed by atoms with Gasteiger partial charge in [-0.05, 0) is 68.9 Å². The van der Waals surface area contributed by atoms with Crippen molar-refractivity contribution in [2.75, 3.05) is 19.6 Å². The van der Waals surface area contributed by atoms with E-state index in [9.17, 15) is 0 Å². The fraction of sp³-hybridized carbons (Fsp3) is 0.625. The summed E-state index contributed by atoms with van der Waals surface area (Å²) in [5.41, 5.74) is 1.42. The zero-order chi connectivity index (χ0) is 13.1. The molecule has 0 atom stereocenters. The Bertz CT molecular complexity index is 415. The van der Waals surface area contributed by atoms with Crippen LogP contribution >= 0.6 is 28.3 Å². The van der Waals surface area contributed by atoms with Gasteiger partial charge in [0.2, 0.25) is 0 Å². The van der Waals surface area contributed by atoms with Gasteiger partial charge in [0.1, 0.15) is 0 Å². The Morgan fingerprint density at radius 1 is 1.15 bits per heavy atom. The highest BCUT2D eigenvalue weighted by atomic mass is 79.9. The van der Waals surface area contributed by atoms with Crippen LogP contribution < -0.4 is 5.32 Å². The van der Waals surface area contributed by atoms with Gasteiger partial charge in [-0.15, -0.1) is 12.4 Å². The highest BCUT2D eigenvalue weighted by Gasteiger charge is 2.24. The molecule has 1 aromatic rings. The molecule has 0 unspecified atom stereocenters. The van der Waals surface area contributed by atoms with E-state index >= 15 is 0 Å². The summed E-state index contributed by atoms with van der Waals surface area (Å²) < 4.78 is 1.19. The van der Waals surface area contributed by atoms with Crippen LogP contribution in [0, 0.1) is 5.92 Å². The Morgan fingerprint density at radius 3 is 2.55 bits per heavy atom. The number of hydrogen-bond acceptors (Lipinski definition) is 2. The lowest BCUT2D eigenvalue weighted by Crippen LogP contribution is -2.42. The molecule has 2 nitrogen and oxygen atoms in total. The van der Waals surface area contributed by atoms with Crippen LogP contribution in [0.1, 0.15) is 31.2 Å². The van der Waals surface area contributed by atoms with Gasteiger partial charge in [-0.25, -0.2) is 0 Å². The molecule has 0 amide bonds. The Kier molecular flexibility index (Phi) is 6.34. The maximum absolute atomic E-state index is 3.74. The number of nitrogens with one attached hydrogen (secondary N) is 1. The molecule has 1 saturated carbocycles. The molecule has 0 aromatic heterocycles. The third-order valence-electron chi connectivity index (χ3n) is 4.27. The number of nitrogens with zero attached hydrogens (tertiary/aromatic N) is 1. The Morgan fingerprint density at radius 2 is 1.90 bits per heavy atom. The van der Waals surface area contributed by atoms with Crippen LogP contribution in [-0.4, -0.2) is 30.6 Å². The second-order valence-electron chi connectivity index (χ2n) is 6.03. The summed E-state index contributed by atoms with van der Waals surface area (Å²) in [6.07, 6.45) is 5.52. The van der Waals surface area contributed by atoms with Crippen molar-refractivity contribution in [2.24, 2.45) is 5.92 Å². The maximum atomic E-state index is 3.74. The van der Waals surface area contributed by atoms with Crippen LogP contribution in [0.2, 0.25) is 0 Å². The van der Waals surface area contributed by atoms with Gasteiger partial charge in [0.25, 0.3) is 0 Å². The molecule has 3 rings (SSSR count). The van der Waals surface area contributed by atoms with Crippen molar-refractivity contribution in [3.63, 3.8) is 0 Å². The molecule has 0 spiro atoms. The minimum atomic E-state index is 0. The summed E-state index contributed by atoms with van der Waals surface area (Å²) >= 11 is 3.55. The van der Waals surface area contributed by atoms with E-state index in [1.54, 1.807) is 0 Å². The molecule has 0 radical (unpaired) electrons. The van der Waals surface area contributed by atoms with Crippen LogP contribution in [-0.2, 0) is 6.54 Å². The summed E-state index contributed by atoms with van der Waals surface area (Å²) in [7, 11) is 0. The van der Waals surface area contributed by atoms with Crippen LogP contribution in [0.25, 0.3) is 0 Å². The molecule has 1 heterocycles. The van der Waals surface area contributed by atoms with E-state index in [-0.39, 0.29) is 12.4 Å². The van der Waals surface area contributed by atoms with Crippen molar-refractivity contribution in [3.05, 3.63) is 34.3 Å². The second-order valence-corrected chi connectivity index (χ2v) is 6.95. The van der Waals surface area contributed by atoms with E-state index in [1.165, 1.54) is 55.4 Å². The van der Waals surface area contributed by atoms with Crippen molar-refractivity contribution < 1.29 is 0 Å². The molecule has 112 valence electrons. The second kappa shape index (κ2) is 7.79. The van der Waals surface area contributed by atoms with Crippen molar-refractivity contribution in [3.8, 4) is 0 Å². The van der Waals surface area contributed by atoms with E-state index in [0.717, 1.165) is 18.5 Å². The summed E-state index contributed by atoms with van der Waals surface area (Å²) in [5, 5.41) is 3.74. The van der Waals surface area contributed by atoms with Gasteiger partial charge in [-0.2, -0.15) is 0 Å². The number of rotatable bonds is 5. The molecule has 4 heteroatoms. The van der Waals surface area contributed by atoms with Crippen LogP contribution in [0.3, 0.4) is 0 Å². The topological polar surface area (TPSA) is 15.3 Å². The molecule has 0 bridgehead atoms. The highest BCUT2D eigenvalue weighted by Crippen LogP contribution is 2.28. The van der Waals surface area contributed by atoms with Crippen molar-refractivity contribution in [1.29, 1.82) is 0 Å². The molecule has 2 aliphatic rings. The molecule has 2 fully saturated rings. The van der Waals surface area contributed by atoms with Gasteiger partial charge in [-0.3, -0.25) is 4.90 Å². The predicted octanol–water partition coefficient (Wildman–Crippen LogP) is 3.83. The minimum Gasteiger partial charge on any atom is -0.314 e. The Labute approximate surface area is 136 Å². The average Bonchev–Trinajstić information content (AvgIpc) is 3.22. The first-order valence-electron chi connectivity index (χ1n) is 7.50. The number of halogens is 2. The Balaban J connectivity index is 0.00000147. The number of likely N-dealkylation sites (tertiary alicyclic amines) is 1. The summed E-state index contributed by atoms with van der Waals surface area (Å²) in [5.74, 6) is 1.000. The quantitative estimate of drug-likeness (QED) is 0.859. The van der Waals surface area contributed by atoms with E-state index in [4.69, 9.17) is 0 Å². The first-order chi connectivity index (χ1) is 9.29. The largest absolute Gasteiger partial charge is 0.314 e. The predicted molar refractivity (Wildman–Crippen MR) is 90.4 cm³/mol. The van der Waals surface area contributed by atoms with Crippen molar-refractivity contribution >= 4 is 28.3 Å². The number of piperidine rings is 1. The number of hydrogen-bond donors (Lipinski definition) is 1. The highest BCUT2D eigenvalue weighted by molar-refractivity contribution is 9.10. The molecular formula is C16H24BrClN2. The van der Waals surface area contributed by atoms with E-state index in [0.29, 0.717) is 0 Å². The number of benzene rings is 1.